The van der Waals surface area contributed by atoms with Crippen LogP contribution in [0.2, 0.25) is 0 Å². The van der Waals surface area contributed by atoms with Gasteiger partial charge in [-0.2, -0.15) is 0 Å². The van der Waals surface area contributed by atoms with Crippen LogP contribution in [0.25, 0.3) is 0 Å². The number of nitrogens with two attached hydrogens (primary N) is 1. The van der Waals surface area contributed by atoms with E-state index in [9.17, 15) is 0 Å². The molecule has 0 spiro atoms. The Labute approximate surface area is 50.6 Å². The highest BCUT2D eigenvalue weighted by atomic mass is 14.5. The van der Waals surface area contributed by atoms with Crippen molar-refractivity contribution in [2.75, 3.05) is 0 Å². The summed E-state index contributed by atoms with van der Waals surface area (Å²) in [5.74, 6) is 1.72. The summed E-state index contributed by atoms with van der Waals surface area (Å²) < 4.78 is 0. The highest BCUT2D eigenvalue weighted by Crippen LogP contribution is 2.42. The van der Waals surface area contributed by atoms with Gasteiger partial charge in [0.1, 0.15) is 0 Å². The van der Waals surface area contributed by atoms with Gasteiger partial charge in [-0.15, -0.1) is 0 Å². The molecule has 0 aromatic heterocycles. The molecule has 2 atom stereocenters. The molecule has 0 bridgehead atoms. The minimum absolute atomic E-state index is 0.819. The maximum absolute atomic E-state index is 5.31. The van der Waals surface area contributed by atoms with Crippen molar-refractivity contribution in [1.29, 1.82) is 0 Å². The lowest BCUT2D eigenvalue weighted by Crippen LogP contribution is -1.86. The number of hydrogen-bond donors (Lipinski definition) is 1. The Morgan fingerprint density at radius 2 is 2.25 bits per heavy atom. The zero-order valence-corrected chi connectivity index (χ0v) is 5.52. The van der Waals surface area contributed by atoms with Crippen LogP contribution in [-0.2, 0) is 0 Å². The Balaban J connectivity index is 2.39. The van der Waals surface area contributed by atoms with Crippen LogP contribution in [-0.4, -0.2) is 0 Å². The lowest BCUT2D eigenvalue weighted by molar-refractivity contribution is 0.852. The Morgan fingerprint density at radius 3 is 2.38 bits per heavy atom. The minimum Gasteiger partial charge on any atom is -0.405 e. The second kappa shape index (κ2) is 1.81. The van der Waals surface area contributed by atoms with E-state index < -0.39 is 0 Å². The molecule has 0 saturated heterocycles. The Hall–Kier alpha value is -0.460. The molecule has 1 rings (SSSR count). The maximum Gasteiger partial charge on any atom is -0.00704 e. The van der Waals surface area contributed by atoms with Crippen LogP contribution in [0.5, 0.6) is 0 Å². The van der Waals surface area contributed by atoms with Gasteiger partial charge in [-0.1, -0.05) is 12.5 Å². The minimum atomic E-state index is 0.819. The van der Waals surface area contributed by atoms with E-state index in [4.69, 9.17) is 5.73 Å². The molecule has 2 N–H and O–H groups in total. The van der Waals surface area contributed by atoms with E-state index in [1.807, 2.05) is 0 Å². The van der Waals surface area contributed by atoms with E-state index in [1.165, 1.54) is 12.0 Å². The van der Waals surface area contributed by atoms with Gasteiger partial charge in [0, 0.05) is 0 Å². The first-order valence-corrected chi connectivity index (χ1v) is 3.14. The van der Waals surface area contributed by atoms with Crippen molar-refractivity contribution in [3.05, 3.63) is 11.8 Å². The van der Waals surface area contributed by atoms with Crippen molar-refractivity contribution in [2.24, 2.45) is 17.6 Å². The molecular weight excluding hydrogens is 98.1 g/mol. The van der Waals surface area contributed by atoms with Crippen molar-refractivity contribution in [1.82, 2.24) is 0 Å². The van der Waals surface area contributed by atoms with E-state index in [2.05, 4.69) is 13.8 Å². The molecule has 1 aliphatic rings. The highest BCUT2D eigenvalue weighted by Gasteiger charge is 2.33. The maximum atomic E-state index is 5.31. The monoisotopic (exact) mass is 111 g/mol. The van der Waals surface area contributed by atoms with Crippen LogP contribution in [0.15, 0.2) is 11.8 Å². The number of hydrogen-bond acceptors (Lipinski definition) is 1. The normalized spacial score (nSPS) is 37.5. The Bertz CT molecular complexity index is 116. The molecule has 0 radical (unpaired) electrons. The summed E-state index contributed by atoms with van der Waals surface area (Å²) in [5.41, 5.74) is 6.67. The first kappa shape index (κ1) is 5.67. The van der Waals surface area contributed by atoms with Crippen molar-refractivity contribution < 1.29 is 0 Å². The molecule has 0 heterocycles. The van der Waals surface area contributed by atoms with Crippen LogP contribution in [0, 0.1) is 11.8 Å². The van der Waals surface area contributed by atoms with Crippen LogP contribution < -0.4 is 5.73 Å². The van der Waals surface area contributed by atoms with E-state index in [1.54, 1.807) is 6.20 Å². The third-order valence-corrected chi connectivity index (χ3v) is 1.96. The molecule has 0 aromatic rings. The van der Waals surface area contributed by atoms with Crippen LogP contribution in [0.1, 0.15) is 20.3 Å². The summed E-state index contributed by atoms with van der Waals surface area (Å²) in [7, 11) is 0. The molecule has 0 amide bonds. The molecule has 46 valence electrons. The largest absolute Gasteiger partial charge is 0.405 e. The molecule has 2 unspecified atom stereocenters. The Morgan fingerprint density at radius 1 is 1.75 bits per heavy atom. The fraction of sp³-hybridized carbons (Fsp3) is 0.714. The van der Waals surface area contributed by atoms with Crippen LogP contribution >= 0.6 is 0 Å². The molecule has 0 aliphatic heterocycles. The lowest BCUT2D eigenvalue weighted by atomic mass is 10.2. The van der Waals surface area contributed by atoms with Gasteiger partial charge >= 0.3 is 0 Å². The zero-order chi connectivity index (χ0) is 6.15. The van der Waals surface area contributed by atoms with Crippen molar-refractivity contribution >= 4 is 0 Å². The van der Waals surface area contributed by atoms with Gasteiger partial charge in [-0.3, -0.25) is 0 Å². The molecule has 1 heteroatoms. The molecule has 1 aliphatic carbocycles. The average Bonchev–Trinajstić information content (AvgIpc) is 2.45. The van der Waals surface area contributed by atoms with E-state index in [0.29, 0.717) is 0 Å². The van der Waals surface area contributed by atoms with Gasteiger partial charge in [0.2, 0.25) is 0 Å². The molecule has 1 fully saturated rings. The third-order valence-electron chi connectivity index (χ3n) is 1.96. The SMILES string of the molecule is C/C(=C\N)C1CC1C. The summed E-state index contributed by atoms with van der Waals surface area (Å²) in [4.78, 5) is 0. The summed E-state index contributed by atoms with van der Waals surface area (Å²) in [6, 6.07) is 0. The first-order valence-electron chi connectivity index (χ1n) is 3.14. The van der Waals surface area contributed by atoms with Crippen molar-refractivity contribution in [3.8, 4) is 0 Å². The quantitative estimate of drug-likeness (QED) is 0.545. The smallest absolute Gasteiger partial charge is 0.00704 e. The van der Waals surface area contributed by atoms with E-state index in [0.717, 1.165) is 11.8 Å². The number of allylic oxidation sites excluding steroid dienone is 1. The van der Waals surface area contributed by atoms with Crippen LogP contribution in [0.3, 0.4) is 0 Å². The zero-order valence-electron chi connectivity index (χ0n) is 5.52. The fourth-order valence-electron chi connectivity index (χ4n) is 1.08. The first-order chi connectivity index (χ1) is 3.75. The molecule has 1 saturated carbocycles. The third kappa shape index (κ3) is 0.857. The summed E-state index contributed by atoms with van der Waals surface area (Å²) >= 11 is 0. The lowest BCUT2D eigenvalue weighted by Gasteiger charge is -1.91. The van der Waals surface area contributed by atoms with Gasteiger partial charge in [0.15, 0.2) is 0 Å². The van der Waals surface area contributed by atoms with Gasteiger partial charge in [0.25, 0.3) is 0 Å². The van der Waals surface area contributed by atoms with E-state index >= 15 is 0 Å². The summed E-state index contributed by atoms with van der Waals surface area (Å²) in [5, 5.41) is 0. The van der Waals surface area contributed by atoms with Gasteiger partial charge < -0.3 is 5.73 Å². The molecule has 1 nitrogen and oxygen atoms in total. The predicted molar refractivity (Wildman–Crippen MR) is 35.2 cm³/mol. The second-order valence-corrected chi connectivity index (χ2v) is 2.73. The standard InChI is InChI=1S/C7H13N/c1-5-3-7(5)6(2)4-8/h4-5,7H,3,8H2,1-2H3/b6-4+. The molecule has 0 aromatic carbocycles. The topological polar surface area (TPSA) is 26.0 Å². The highest BCUT2D eigenvalue weighted by molar-refractivity contribution is 5.10. The average molecular weight is 111 g/mol. The van der Waals surface area contributed by atoms with Crippen LogP contribution in [0.4, 0.5) is 0 Å². The predicted octanol–water partition coefficient (Wildman–Crippen LogP) is 1.50. The van der Waals surface area contributed by atoms with Crippen molar-refractivity contribution in [2.45, 2.75) is 20.3 Å². The van der Waals surface area contributed by atoms with Gasteiger partial charge in [-0.25, -0.2) is 0 Å². The molecular formula is C7H13N. The summed E-state index contributed by atoms with van der Waals surface area (Å²) in [6.45, 7) is 4.37. The Kier molecular flexibility index (Phi) is 1.28. The van der Waals surface area contributed by atoms with Crippen molar-refractivity contribution in [3.63, 3.8) is 0 Å². The summed E-state index contributed by atoms with van der Waals surface area (Å²) in [6.07, 6.45) is 3.08. The van der Waals surface area contributed by atoms with E-state index in [-0.39, 0.29) is 0 Å². The fourth-order valence-corrected chi connectivity index (χ4v) is 1.08. The second-order valence-electron chi connectivity index (χ2n) is 2.73. The van der Waals surface area contributed by atoms with Gasteiger partial charge in [-0.05, 0) is 31.4 Å². The van der Waals surface area contributed by atoms with Gasteiger partial charge in [0.05, 0.1) is 0 Å². The molecule has 8 heavy (non-hydrogen) atoms. The number of rotatable bonds is 1.